The molecule has 1 aliphatic rings. The van der Waals surface area contributed by atoms with Gasteiger partial charge in [-0.05, 0) is 45.1 Å². The molecule has 4 heteroatoms. The SMILES string of the molecule is CC(C)S(=O)(=O)CCC1(CN)CCCC1. The van der Waals surface area contributed by atoms with Gasteiger partial charge in [-0.3, -0.25) is 0 Å². The third-order valence-electron chi connectivity index (χ3n) is 3.73. The monoisotopic (exact) mass is 233 g/mol. The van der Waals surface area contributed by atoms with Crippen LogP contribution in [0.1, 0.15) is 46.0 Å². The van der Waals surface area contributed by atoms with Crippen molar-refractivity contribution in [1.82, 2.24) is 0 Å². The first kappa shape index (κ1) is 13.0. The van der Waals surface area contributed by atoms with Crippen LogP contribution in [0.4, 0.5) is 0 Å². The molecule has 0 radical (unpaired) electrons. The molecule has 1 aliphatic carbocycles. The Labute approximate surface area is 93.3 Å². The number of rotatable bonds is 5. The van der Waals surface area contributed by atoms with E-state index in [0.717, 1.165) is 19.3 Å². The quantitative estimate of drug-likeness (QED) is 0.786. The summed E-state index contributed by atoms with van der Waals surface area (Å²) in [4.78, 5) is 0. The van der Waals surface area contributed by atoms with Crippen LogP contribution in [-0.2, 0) is 9.84 Å². The van der Waals surface area contributed by atoms with Gasteiger partial charge in [0.05, 0.1) is 11.0 Å². The van der Waals surface area contributed by atoms with Crippen LogP contribution < -0.4 is 5.73 Å². The fraction of sp³-hybridized carbons (Fsp3) is 1.00. The lowest BCUT2D eigenvalue weighted by Gasteiger charge is -2.27. The average molecular weight is 233 g/mol. The Kier molecular flexibility index (Phi) is 4.18. The Morgan fingerprint density at radius 3 is 2.20 bits per heavy atom. The van der Waals surface area contributed by atoms with E-state index in [1.54, 1.807) is 13.8 Å². The van der Waals surface area contributed by atoms with Crippen molar-refractivity contribution in [3.63, 3.8) is 0 Å². The van der Waals surface area contributed by atoms with Crippen molar-refractivity contribution in [3.05, 3.63) is 0 Å². The van der Waals surface area contributed by atoms with Crippen LogP contribution in [-0.4, -0.2) is 26.0 Å². The zero-order valence-electron chi connectivity index (χ0n) is 9.83. The van der Waals surface area contributed by atoms with Gasteiger partial charge in [0, 0.05) is 0 Å². The highest BCUT2D eigenvalue weighted by Gasteiger charge is 2.33. The molecule has 0 bridgehead atoms. The zero-order valence-corrected chi connectivity index (χ0v) is 10.6. The lowest BCUT2D eigenvalue weighted by molar-refractivity contribution is 0.297. The highest BCUT2D eigenvalue weighted by atomic mass is 32.2. The van der Waals surface area contributed by atoms with Crippen LogP contribution in [0, 0.1) is 5.41 Å². The molecule has 0 aromatic rings. The minimum Gasteiger partial charge on any atom is -0.330 e. The first-order valence-corrected chi connectivity index (χ1v) is 7.55. The molecule has 15 heavy (non-hydrogen) atoms. The van der Waals surface area contributed by atoms with Crippen molar-refractivity contribution >= 4 is 9.84 Å². The van der Waals surface area contributed by atoms with Crippen molar-refractivity contribution in [2.75, 3.05) is 12.3 Å². The summed E-state index contributed by atoms with van der Waals surface area (Å²) in [6.45, 7) is 4.14. The number of sulfone groups is 1. The molecule has 0 amide bonds. The van der Waals surface area contributed by atoms with E-state index in [0.29, 0.717) is 12.3 Å². The highest BCUT2D eigenvalue weighted by Crippen LogP contribution is 2.40. The van der Waals surface area contributed by atoms with Crippen LogP contribution >= 0.6 is 0 Å². The summed E-state index contributed by atoms with van der Waals surface area (Å²) in [6.07, 6.45) is 5.39. The van der Waals surface area contributed by atoms with Gasteiger partial charge in [-0.25, -0.2) is 8.42 Å². The maximum atomic E-state index is 11.7. The van der Waals surface area contributed by atoms with Crippen molar-refractivity contribution in [2.24, 2.45) is 11.1 Å². The van der Waals surface area contributed by atoms with E-state index < -0.39 is 9.84 Å². The zero-order chi connectivity index (χ0) is 11.5. The smallest absolute Gasteiger partial charge is 0.152 e. The Balaban J connectivity index is 2.55. The maximum absolute atomic E-state index is 11.7. The molecular formula is C11H23NO2S. The van der Waals surface area contributed by atoms with Crippen molar-refractivity contribution in [3.8, 4) is 0 Å². The Bertz CT molecular complexity index is 290. The fourth-order valence-corrected chi connectivity index (χ4v) is 3.46. The third kappa shape index (κ3) is 3.18. The molecule has 0 aromatic carbocycles. The van der Waals surface area contributed by atoms with Crippen molar-refractivity contribution < 1.29 is 8.42 Å². The fourth-order valence-electron chi connectivity index (χ4n) is 2.28. The summed E-state index contributed by atoms with van der Waals surface area (Å²) in [5, 5.41) is -0.256. The minimum absolute atomic E-state index is 0.127. The molecule has 0 aliphatic heterocycles. The van der Waals surface area contributed by atoms with E-state index in [9.17, 15) is 8.42 Å². The largest absolute Gasteiger partial charge is 0.330 e. The lowest BCUT2D eigenvalue weighted by atomic mass is 9.84. The molecule has 0 atom stereocenters. The molecule has 2 N–H and O–H groups in total. The average Bonchev–Trinajstić information content (AvgIpc) is 2.64. The van der Waals surface area contributed by atoms with E-state index in [2.05, 4.69) is 0 Å². The van der Waals surface area contributed by atoms with Gasteiger partial charge in [0.25, 0.3) is 0 Å². The van der Waals surface area contributed by atoms with E-state index in [1.165, 1.54) is 12.8 Å². The predicted octanol–water partition coefficient (Wildman–Crippen LogP) is 1.72. The first-order valence-electron chi connectivity index (χ1n) is 5.83. The molecule has 3 nitrogen and oxygen atoms in total. The molecule has 1 fully saturated rings. The Morgan fingerprint density at radius 1 is 1.27 bits per heavy atom. The number of hydrogen-bond acceptors (Lipinski definition) is 3. The van der Waals surface area contributed by atoms with Gasteiger partial charge in [0.1, 0.15) is 0 Å². The molecule has 0 heterocycles. The third-order valence-corrected chi connectivity index (χ3v) is 5.94. The molecule has 0 aromatic heterocycles. The van der Waals surface area contributed by atoms with Crippen LogP contribution in [0.25, 0.3) is 0 Å². The number of hydrogen-bond donors (Lipinski definition) is 1. The van der Waals surface area contributed by atoms with Crippen LogP contribution in [0.2, 0.25) is 0 Å². The topological polar surface area (TPSA) is 60.2 Å². The normalized spacial score (nSPS) is 21.1. The van der Waals surface area contributed by atoms with Crippen LogP contribution in [0.5, 0.6) is 0 Å². The van der Waals surface area contributed by atoms with Gasteiger partial charge >= 0.3 is 0 Å². The molecular weight excluding hydrogens is 210 g/mol. The van der Waals surface area contributed by atoms with Gasteiger partial charge in [-0.2, -0.15) is 0 Å². The highest BCUT2D eigenvalue weighted by molar-refractivity contribution is 7.91. The second kappa shape index (κ2) is 4.83. The standard InChI is InChI=1S/C11H23NO2S/c1-10(2)15(13,14)8-7-11(9-12)5-3-4-6-11/h10H,3-9,12H2,1-2H3. The molecule has 1 saturated carbocycles. The van der Waals surface area contributed by atoms with Crippen molar-refractivity contribution in [1.29, 1.82) is 0 Å². The summed E-state index contributed by atoms with van der Waals surface area (Å²) in [5.41, 5.74) is 5.91. The molecule has 1 rings (SSSR count). The summed E-state index contributed by atoms with van der Waals surface area (Å²) >= 11 is 0. The van der Waals surface area contributed by atoms with E-state index in [4.69, 9.17) is 5.73 Å². The Hall–Kier alpha value is -0.0900. The van der Waals surface area contributed by atoms with Gasteiger partial charge in [0.2, 0.25) is 0 Å². The van der Waals surface area contributed by atoms with E-state index in [-0.39, 0.29) is 10.7 Å². The second-order valence-electron chi connectivity index (χ2n) is 5.08. The molecule has 0 unspecified atom stereocenters. The molecule has 90 valence electrons. The Morgan fingerprint density at radius 2 is 1.80 bits per heavy atom. The van der Waals surface area contributed by atoms with Gasteiger partial charge in [-0.1, -0.05) is 12.8 Å². The summed E-state index contributed by atoms with van der Waals surface area (Å²) in [5.74, 6) is 0.307. The summed E-state index contributed by atoms with van der Waals surface area (Å²) < 4.78 is 23.4. The van der Waals surface area contributed by atoms with Gasteiger partial charge in [0.15, 0.2) is 9.84 Å². The number of nitrogens with two attached hydrogens (primary N) is 1. The first-order chi connectivity index (χ1) is 6.92. The van der Waals surface area contributed by atoms with E-state index in [1.807, 2.05) is 0 Å². The van der Waals surface area contributed by atoms with E-state index >= 15 is 0 Å². The van der Waals surface area contributed by atoms with Crippen molar-refractivity contribution in [2.45, 2.75) is 51.2 Å². The maximum Gasteiger partial charge on any atom is 0.152 e. The van der Waals surface area contributed by atoms with Gasteiger partial charge in [-0.15, -0.1) is 0 Å². The summed E-state index contributed by atoms with van der Waals surface area (Å²) in [7, 11) is -2.89. The molecule has 0 spiro atoms. The van der Waals surface area contributed by atoms with Crippen LogP contribution in [0.3, 0.4) is 0 Å². The lowest BCUT2D eigenvalue weighted by Crippen LogP contribution is -2.31. The molecule has 0 saturated heterocycles. The van der Waals surface area contributed by atoms with Gasteiger partial charge < -0.3 is 5.73 Å². The predicted molar refractivity (Wildman–Crippen MR) is 63.5 cm³/mol. The van der Waals surface area contributed by atoms with Crippen LogP contribution in [0.15, 0.2) is 0 Å². The minimum atomic E-state index is -2.89. The summed E-state index contributed by atoms with van der Waals surface area (Å²) in [6, 6.07) is 0. The second-order valence-corrected chi connectivity index (χ2v) is 7.75.